The molecule has 8 rings (SSSR count). The van der Waals surface area contributed by atoms with E-state index in [2.05, 4.69) is 84.8 Å². The summed E-state index contributed by atoms with van der Waals surface area (Å²) in [5.41, 5.74) is 13.1. The normalized spacial score (nSPS) is 23.1. The van der Waals surface area contributed by atoms with Crippen molar-refractivity contribution in [1.82, 2.24) is 23.8 Å². The van der Waals surface area contributed by atoms with Crippen molar-refractivity contribution in [2.45, 2.75) is 65.0 Å². The molecule has 4 N–H and O–H groups in total. The summed E-state index contributed by atoms with van der Waals surface area (Å²) in [6, 6.07) is 13.0. The lowest BCUT2D eigenvalue weighted by molar-refractivity contribution is -0.394. The van der Waals surface area contributed by atoms with Crippen LogP contribution in [0.4, 0.5) is 11.4 Å². The molecule has 5 heterocycles. The Hall–Kier alpha value is -4.64. The van der Waals surface area contributed by atoms with Crippen LogP contribution in [0.1, 0.15) is 58.9 Å². The minimum absolute atomic E-state index is 0.0639. The van der Waals surface area contributed by atoms with E-state index in [0.29, 0.717) is 41.7 Å². The molecule has 2 unspecified atom stereocenters. The zero-order valence-electron chi connectivity index (χ0n) is 28.7. The van der Waals surface area contributed by atoms with Crippen molar-refractivity contribution in [3.63, 3.8) is 0 Å². The molecule has 256 valence electrons. The second kappa shape index (κ2) is 12.4. The molecule has 3 aliphatic heterocycles. The predicted molar refractivity (Wildman–Crippen MR) is 194 cm³/mol. The minimum Gasteiger partial charge on any atom is -0.463 e. The summed E-state index contributed by atoms with van der Waals surface area (Å²) in [5.74, 6) is 0.991. The van der Waals surface area contributed by atoms with Gasteiger partial charge in [-0.15, -0.1) is 4.99 Å². The number of hydrogen-bond donors (Lipinski definition) is 3. The molecular formula is C38H47N8O3+. The second-order valence-electron chi connectivity index (χ2n) is 14.6. The molecule has 11 heteroatoms. The fraction of sp³-hybridized carbons (Fsp3) is 0.474. The molecule has 11 nitrogen and oxygen atoms in total. The van der Waals surface area contributed by atoms with Gasteiger partial charge in [-0.25, -0.2) is 4.79 Å². The summed E-state index contributed by atoms with van der Waals surface area (Å²) in [6.45, 7) is 12.8. The van der Waals surface area contributed by atoms with E-state index in [1.165, 1.54) is 17.0 Å². The lowest BCUT2D eigenvalue weighted by Crippen LogP contribution is -2.80. The van der Waals surface area contributed by atoms with Crippen LogP contribution in [0, 0.1) is 11.8 Å². The number of benzene rings is 2. The van der Waals surface area contributed by atoms with E-state index in [-0.39, 0.29) is 29.3 Å². The van der Waals surface area contributed by atoms with E-state index in [0.717, 1.165) is 75.1 Å². The molecule has 1 aliphatic carbocycles. The fourth-order valence-electron chi connectivity index (χ4n) is 8.85. The highest BCUT2D eigenvalue weighted by Gasteiger charge is 2.35. The number of anilines is 2. The van der Waals surface area contributed by atoms with Crippen LogP contribution in [0.2, 0.25) is 0 Å². The van der Waals surface area contributed by atoms with Gasteiger partial charge in [-0.2, -0.15) is 4.98 Å². The second-order valence-corrected chi connectivity index (χ2v) is 14.6. The Kier molecular flexibility index (Phi) is 7.97. The molecule has 0 spiro atoms. The maximum Gasteiger partial charge on any atom is 0.388 e. The zero-order chi connectivity index (χ0) is 34.0. The van der Waals surface area contributed by atoms with Crippen molar-refractivity contribution < 1.29 is 14.9 Å². The van der Waals surface area contributed by atoms with Gasteiger partial charge in [-0.3, -0.25) is 14.1 Å². The fourth-order valence-corrected chi connectivity index (χ4v) is 8.85. The zero-order valence-corrected chi connectivity index (χ0v) is 28.7. The van der Waals surface area contributed by atoms with Gasteiger partial charge in [0.05, 0.1) is 28.4 Å². The molecule has 2 fully saturated rings. The number of carbonyl (C=O) groups is 1. The van der Waals surface area contributed by atoms with Gasteiger partial charge in [-0.05, 0) is 81.9 Å². The van der Waals surface area contributed by atoms with Crippen molar-refractivity contribution >= 4 is 50.9 Å². The number of nitrogens with zero attached hydrogens (tertiary/aromatic N) is 6. The number of allylic oxidation sites excluding steroid dienone is 3. The number of hydrogen-bond acceptors (Lipinski definition) is 7. The standard InChI is InChI=1S/C38H46N8O3/c1-23(2)45-33-22-27(8-11-31(33)46-32-6-4-5-29(39)35(32)37(49)41-38(45)46)42-15-13-26(14-16-42)43-17-19-44(20-18-43)30-10-7-25(21-24(30)3)28-9-12-34(47)40-36(28)48/h4-8,10-11,22-24,26,28H,9,12-21,39H2,1-3H3,(H,40,47,48)/p+1. The van der Waals surface area contributed by atoms with Crippen LogP contribution in [0.25, 0.3) is 27.7 Å². The van der Waals surface area contributed by atoms with Gasteiger partial charge in [0.2, 0.25) is 5.78 Å². The summed E-state index contributed by atoms with van der Waals surface area (Å²) in [5, 5.41) is 10.8. The first kappa shape index (κ1) is 31.6. The summed E-state index contributed by atoms with van der Waals surface area (Å²) in [6.07, 6.45) is 8.76. The van der Waals surface area contributed by atoms with Gasteiger partial charge in [0.15, 0.2) is 0 Å². The van der Waals surface area contributed by atoms with E-state index < -0.39 is 0 Å². The van der Waals surface area contributed by atoms with E-state index in [1.54, 1.807) is 6.07 Å². The minimum atomic E-state index is -0.288. The van der Waals surface area contributed by atoms with Crippen molar-refractivity contribution in [2.75, 3.05) is 49.9 Å². The highest BCUT2D eigenvalue weighted by atomic mass is 16.3. The molecule has 2 aromatic heterocycles. The van der Waals surface area contributed by atoms with Crippen molar-refractivity contribution in [3.05, 3.63) is 70.2 Å². The SMILES string of the molecule is CC1CC(C2CCC(=O)[NH+]=C2O)=CC=C1N1CCN(C2CCN(c3ccc4c(c3)n(C(C)C)c3nc(=O)c5c(N)cccc5n43)CC2)CC1. The smallest absolute Gasteiger partial charge is 0.388 e. The van der Waals surface area contributed by atoms with Crippen LogP contribution in [-0.2, 0) is 4.79 Å². The van der Waals surface area contributed by atoms with Crippen LogP contribution in [0.5, 0.6) is 0 Å². The third-order valence-electron chi connectivity index (χ3n) is 11.4. The summed E-state index contributed by atoms with van der Waals surface area (Å²) < 4.78 is 4.25. The van der Waals surface area contributed by atoms with Crippen molar-refractivity contribution in [3.8, 4) is 0 Å². The molecule has 1 amide bonds. The number of piperazine rings is 1. The number of imidazole rings is 1. The molecular weight excluding hydrogens is 616 g/mol. The maximum atomic E-state index is 13.1. The highest BCUT2D eigenvalue weighted by Crippen LogP contribution is 2.35. The largest absolute Gasteiger partial charge is 0.463 e. The number of nitrogens with two attached hydrogens (primary N) is 1. The van der Waals surface area contributed by atoms with E-state index >= 15 is 0 Å². The number of aliphatic hydroxyl groups is 1. The Bertz CT molecular complexity index is 2110. The van der Waals surface area contributed by atoms with Gasteiger partial charge in [0, 0.05) is 68.4 Å². The van der Waals surface area contributed by atoms with E-state index in [1.807, 2.05) is 12.1 Å². The van der Waals surface area contributed by atoms with Gasteiger partial charge >= 0.3 is 11.8 Å². The first-order valence-electron chi connectivity index (χ1n) is 17.9. The molecule has 2 saturated heterocycles. The first-order chi connectivity index (χ1) is 23.7. The van der Waals surface area contributed by atoms with Gasteiger partial charge in [0.25, 0.3) is 5.56 Å². The first-order valence-corrected chi connectivity index (χ1v) is 17.9. The number of aromatic nitrogens is 3. The molecule has 4 aromatic rings. The predicted octanol–water partition coefficient (Wildman–Crippen LogP) is 3.38. The van der Waals surface area contributed by atoms with Crippen LogP contribution >= 0.6 is 0 Å². The van der Waals surface area contributed by atoms with Crippen LogP contribution < -0.4 is 21.2 Å². The summed E-state index contributed by atoms with van der Waals surface area (Å²) >= 11 is 0. The summed E-state index contributed by atoms with van der Waals surface area (Å²) in [7, 11) is 0. The Morgan fingerprint density at radius 3 is 2.41 bits per heavy atom. The number of amides is 1. The van der Waals surface area contributed by atoms with Gasteiger partial charge < -0.3 is 25.2 Å². The summed E-state index contributed by atoms with van der Waals surface area (Å²) in [4.78, 5) is 39.6. The molecule has 0 bridgehead atoms. The number of nitrogens with one attached hydrogen (secondary N) is 1. The lowest BCUT2D eigenvalue weighted by Gasteiger charge is -2.45. The number of aliphatic hydroxyl groups excluding tert-OH is 1. The van der Waals surface area contributed by atoms with Crippen LogP contribution in [0.3, 0.4) is 0 Å². The highest BCUT2D eigenvalue weighted by molar-refractivity contribution is 5.96. The number of rotatable bonds is 5. The van der Waals surface area contributed by atoms with Crippen molar-refractivity contribution in [2.24, 2.45) is 11.8 Å². The van der Waals surface area contributed by atoms with E-state index in [4.69, 9.17) is 5.73 Å². The molecule has 4 aliphatic rings. The number of carbonyl (C=O) groups excluding carboxylic acids is 1. The molecule has 2 atom stereocenters. The van der Waals surface area contributed by atoms with E-state index in [9.17, 15) is 14.7 Å². The Balaban J connectivity index is 0.946. The quantitative estimate of drug-likeness (QED) is 0.278. The molecule has 2 aromatic carbocycles. The topological polar surface area (TPSA) is 126 Å². The monoisotopic (exact) mass is 663 g/mol. The third kappa shape index (κ3) is 5.48. The molecule has 0 saturated carbocycles. The number of nitrogen functional groups attached to an aromatic ring is 1. The molecule has 49 heavy (non-hydrogen) atoms. The lowest BCUT2D eigenvalue weighted by atomic mass is 9.82. The van der Waals surface area contributed by atoms with Gasteiger partial charge in [0.1, 0.15) is 5.92 Å². The van der Waals surface area contributed by atoms with Crippen LogP contribution in [-0.4, -0.2) is 86.0 Å². The average Bonchev–Trinajstić information content (AvgIpc) is 3.42. The number of fused-ring (bicyclic) bond motifs is 5. The van der Waals surface area contributed by atoms with Gasteiger partial charge in [-0.1, -0.05) is 24.6 Å². The average molecular weight is 664 g/mol. The molecule has 0 radical (unpaired) electrons. The van der Waals surface area contributed by atoms with Crippen LogP contribution in [0.15, 0.2) is 64.6 Å². The Morgan fingerprint density at radius 2 is 1.69 bits per heavy atom. The Morgan fingerprint density at radius 1 is 0.918 bits per heavy atom. The van der Waals surface area contributed by atoms with Crippen molar-refractivity contribution in [1.29, 1.82) is 0 Å². The third-order valence-corrected chi connectivity index (χ3v) is 11.4. The Labute approximate surface area is 286 Å². The number of piperidine rings is 1. The maximum absolute atomic E-state index is 13.1.